The zero-order chi connectivity index (χ0) is 21.3. The normalized spacial score (nSPS) is 10.8. The molecule has 5 heteroatoms. The number of carbonyl (C=O) groups is 1. The lowest BCUT2D eigenvalue weighted by Gasteiger charge is -2.21. The lowest BCUT2D eigenvalue weighted by Crippen LogP contribution is -2.24. The Balaban J connectivity index is 0.000000568. The number of phenols is 1. The number of aliphatic carboxylic acids is 1. The number of carboxylic acid groups (broad SMARTS) is 1. The molecule has 0 bridgehead atoms. The first kappa shape index (κ1) is 23.8. The summed E-state index contributed by atoms with van der Waals surface area (Å²) in [5.41, 5.74) is 3.49. The molecule has 2 radical (unpaired) electrons. The van der Waals surface area contributed by atoms with E-state index < -0.39 is 5.97 Å². The summed E-state index contributed by atoms with van der Waals surface area (Å²) in [5.74, 6) is 0.440. The molecule has 0 aliphatic heterocycles. The average Bonchev–Trinajstić information content (AvgIpc) is 2.59. The molecule has 0 saturated carbocycles. The van der Waals surface area contributed by atoms with Crippen molar-refractivity contribution in [3.63, 3.8) is 0 Å². The van der Waals surface area contributed by atoms with Crippen molar-refractivity contribution >= 4 is 20.7 Å². The van der Waals surface area contributed by atoms with Crippen molar-refractivity contribution in [1.29, 1.82) is 0 Å². The van der Waals surface area contributed by atoms with Crippen LogP contribution in [0.2, 0.25) is 0 Å². The van der Waals surface area contributed by atoms with E-state index in [9.17, 15) is 9.90 Å². The van der Waals surface area contributed by atoms with E-state index in [0.717, 1.165) is 17.7 Å². The molecule has 4 nitrogen and oxygen atoms in total. The van der Waals surface area contributed by atoms with E-state index in [2.05, 4.69) is 52.8 Å². The fraction of sp³-hybridized carbons (Fsp3) is 0.435. The Morgan fingerprint density at radius 3 is 2.36 bits per heavy atom. The summed E-state index contributed by atoms with van der Waals surface area (Å²) in [5, 5.41) is 19.3. The molecule has 0 atom stereocenters. The Kier molecular flexibility index (Phi) is 9.26. The van der Waals surface area contributed by atoms with Crippen LogP contribution in [0.5, 0.6) is 11.5 Å². The minimum absolute atomic E-state index is 0.0983. The molecule has 28 heavy (non-hydrogen) atoms. The number of carboxylic acids is 1. The Hall–Kier alpha value is -2.27. The minimum atomic E-state index is -0.711. The van der Waals surface area contributed by atoms with E-state index in [1.165, 1.54) is 16.3 Å². The van der Waals surface area contributed by atoms with Gasteiger partial charge in [-0.15, -0.1) is 0 Å². The highest BCUT2D eigenvalue weighted by Crippen LogP contribution is 2.33. The first-order valence-electron chi connectivity index (χ1n) is 9.54. The first-order valence-corrected chi connectivity index (χ1v) is 10.7. The second kappa shape index (κ2) is 10.9. The van der Waals surface area contributed by atoms with Gasteiger partial charge in [-0.05, 0) is 55.0 Å². The average molecular weight is 401 g/mol. The molecule has 2 N–H and O–H groups in total. The summed E-state index contributed by atoms with van der Waals surface area (Å²) in [6.07, 6.45) is 1.69. The van der Waals surface area contributed by atoms with Crippen LogP contribution in [0.3, 0.4) is 0 Å². The van der Waals surface area contributed by atoms with Gasteiger partial charge in [-0.25, -0.2) is 0 Å². The second-order valence-electron chi connectivity index (χ2n) is 7.79. The van der Waals surface area contributed by atoms with Crippen LogP contribution in [-0.2, 0) is 10.2 Å². The quantitative estimate of drug-likeness (QED) is 0.699. The zero-order valence-electron chi connectivity index (χ0n) is 17.8. The van der Waals surface area contributed by atoms with Crippen molar-refractivity contribution in [3.8, 4) is 11.5 Å². The van der Waals surface area contributed by atoms with E-state index in [1.807, 2.05) is 19.1 Å². The van der Waals surface area contributed by atoms with Gasteiger partial charge in [-0.3, -0.25) is 4.79 Å². The summed E-state index contributed by atoms with van der Waals surface area (Å²) in [4.78, 5) is 9.60. The van der Waals surface area contributed by atoms with Crippen LogP contribution in [0.1, 0.15) is 57.2 Å². The number of aromatic hydroxyl groups is 1. The van der Waals surface area contributed by atoms with E-state index in [-0.39, 0.29) is 5.41 Å². The van der Waals surface area contributed by atoms with E-state index in [0.29, 0.717) is 27.9 Å². The highest BCUT2D eigenvalue weighted by Gasteiger charge is 2.18. The summed E-state index contributed by atoms with van der Waals surface area (Å²) < 4.78 is 5.90. The molecule has 0 amide bonds. The third-order valence-corrected chi connectivity index (χ3v) is 5.56. The maximum Gasteiger partial charge on any atom is 0.303 e. The SMILES string of the molecule is CCCC(=O)O.Cc1cccc([Si]COc2ccc(O)c(C(C)(C)C)c2)c1C. The lowest BCUT2D eigenvalue weighted by atomic mass is 9.86. The number of aryl methyl sites for hydroxylation is 1. The Morgan fingerprint density at radius 2 is 1.82 bits per heavy atom. The monoisotopic (exact) mass is 400 g/mol. The smallest absolute Gasteiger partial charge is 0.303 e. The summed E-state index contributed by atoms with van der Waals surface area (Å²) in [6, 6.07) is 11.9. The number of ether oxygens (including phenoxy) is 1. The van der Waals surface area contributed by atoms with Crippen molar-refractivity contribution < 1.29 is 19.7 Å². The van der Waals surface area contributed by atoms with Crippen LogP contribution in [0.15, 0.2) is 36.4 Å². The van der Waals surface area contributed by atoms with E-state index >= 15 is 0 Å². The molecule has 0 spiro atoms. The van der Waals surface area contributed by atoms with Gasteiger partial charge >= 0.3 is 5.97 Å². The number of hydrogen-bond donors (Lipinski definition) is 2. The maximum absolute atomic E-state index is 9.99. The number of hydrogen-bond acceptors (Lipinski definition) is 3. The van der Waals surface area contributed by atoms with Gasteiger partial charge in [0.25, 0.3) is 0 Å². The third kappa shape index (κ3) is 7.77. The second-order valence-corrected chi connectivity index (χ2v) is 8.97. The maximum atomic E-state index is 9.99. The fourth-order valence-electron chi connectivity index (χ4n) is 2.56. The molecule has 2 aromatic rings. The van der Waals surface area contributed by atoms with Gasteiger partial charge in [-0.1, -0.05) is 51.1 Å². The van der Waals surface area contributed by atoms with Gasteiger partial charge < -0.3 is 14.9 Å². The molecule has 0 saturated heterocycles. The molecular formula is C23H32O4Si. The van der Waals surface area contributed by atoms with Gasteiger partial charge in [0.2, 0.25) is 0 Å². The molecule has 0 heterocycles. The highest BCUT2D eigenvalue weighted by atomic mass is 28.2. The van der Waals surface area contributed by atoms with Gasteiger partial charge in [0, 0.05) is 12.0 Å². The zero-order valence-corrected chi connectivity index (χ0v) is 18.8. The number of rotatable bonds is 6. The Bertz CT molecular complexity index is 779. The van der Waals surface area contributed by atoms with Crippen LogP contribution in [0.4, 0.5) is 0 Å². The van der Waals surface area contributed by atoms with Crippen molar-refractivity contribution in [3.05, 3.63) is 53.1 Å². The molecule has 0 fully saturated rings. The van der Waals surface area contributed by atoms with Crippen LogP contribution < -0.4 is 9.92 Å². The van der Waals surface area contributed by atoms with Crippen molar-refractivity contribution in [2.45, 2.75) is 59.8 Å². The first-order chi connectivity index (χ1) is 13.1. The van der Waals surface area contributed by atoms with E-state index in [1.54, 1.807) is 6.07 Å². The molecule has 0 aromatic heterocycles. The van der Waals surface area contributed by atoms with Gasteiger partial charge in [0.15, 0.2) is 0 Å². The van der Waals surface area contributed by atoms with Gasteiger partial charge in [0.1, 0.15) is 21.0 Å². The molecule has 0 aliphatic rings. The fourth-order valence-corrected chi connectivity index (χ4v) is 3.63. The predicted octanol–water partition coefficient (Wildman–Crippen LogP) is 4.54. The van der Waals surface area contributed by atoms with Crippen molar-refractivity contribution in [2.24, 2.45) is 0 Å². The minimum Gasteiger partial charge on any atom is -0.508 e. The molecule has 0 aliphatic carbocycles. The number of benzene rings is 2. The Morgan fingerprint density at radius 1 is 1.14 bits per heavy atom. The van der Waals surface area contributed by atoms with Gasteiger partial charge in [-0.2, -0.15) is 0 Å². The van der Waals surface area contributed by atoms with Gasteiger partial charge in [0.05, 0.1) is 6.23 Å². The molecule has 152 valence electrons. The standard InChI is InChI=1S/C19H24O2Si.C4H8O2/c1-13-7-6-8-18(14(13)2)22-12-21-15-9-10-17(20)16(11-15)19(3,4)5;1-2-3-4(5)6/h6-11,20H,12H2,1-5H3;2-3H2,1H3,(H,5,6). The summed E-state index contributed by atoms with van der Waals surface area (Å²) >= 11 is 0. The van der Waals surface area contributed by atoms with E-state index in [4.69, 9.17) is 9.84 Å². The van der Waals surface area contributed by atoms with Crippen molar-refractivity contribution in [2.75, 3.05) is 6.23 Å². The number of phenolic OH excluding ortho intramolecular Hbond substituents is 1. The summed E-state index contributed by atoms with van der Waals surface area (Å²) in [6.45, 7) is 12.4. The highest BCUT2D eigenvalue weighted by molar-refractivity contribution is 6.54. The van der Waals surface area contributed by atoms with Crippen LogP contribution >= 0.6 is 0 Å². The lowest BCUT2D eigenvalue weighted by molar-refractivity contribution is -0.137. The molecule has 2 rings (SSSR count). The third-order valence-electron chi connectivity index (χ3n) is 4.35. The topological polar surface area (TPSA) is 66.8 Å². The van der Waals surface area contributed by atoms with Crippen LogP contribution in [-0.4, -0.2) is 31.9 Å². The largest absolute Gasteiger partial charge is 0.508 e. The van der Waals surface area contributed by atoms with Crippen LogP contribution in [0.25, 0.3) is 0 Å². The van der Waals surface area contributed by atoms with Crippen molar-refractivity contribution in [1.82, 2.24) is 0 Å². The Labute approximate surface area is 171 Å². The predicted molar refractivity (Wildman–Crippen MR) is 116 cm³/mol. The molecule has 2 aromatic carbocycles. The molecule has 0 unspecified atom stereocenters. The molecular weight excluding hydrogens is 368 g/mol. The van der Waals surface area contributed by atoms with Crippen LogP contribution in [0, 0.1) is 13.8 Å². The summed E-state index contributed by atoms with van der Waals surface area (Å²) in [7, 11) is 0.621.